The lowest BCUT2D eigenvalue weighted by molar-refractivity contribution is 0.193. The molecule has 3 heterocycles. The van der Waals surface area contributed by atoms with Crippen LogP contribution < -0.4 is 0 Å². The SMILES string of the molecule is OC1=CN2CCN(Cc3nc4ccccc4s3)CC2=CC1. The zero-order valence-electron chi connectivity index (χ0n) is 11.7. The number of thiazole rings is 1. The molecule has 21 heavy (non-hydrogen) atoms. The Balaban J connectivity index is 1.48. The van der Waals surface area contributed by atoms with Gasteiger partial charge in [-0.15, -0.1) is 11.3 Å². The molecule has 2 aromatic rings. The van der Waals surface area contributed by atoms with Gasteiger partial charge in [0.15, 0.2) is 0 Å². The molecule has 0 bridgehead atoms. The number of rotatable bonds is 2. The standard InChI is InChI=1S/C16H17N3OS/c20-13-6-5-12-9-18(7-8-19(12)10-13)11-16-17-14-3-1-2-4-15(14)21-16/h1-5,10,20H,6-9,11H2. The van der Waals surface area contributed by atoms with Crippen molar-refractivity contribution in [1.29, 1.82) is 0 Å². The largest absolute Gasteiger partial charge is 0.510 e. The molecule has 0 amide bonds. The Kier molecular flexibility index (Phi) is 3.16. The van der Waals surface area contributed by atoms with E-state index >= 15 is 0 Å². The number of hydrogen-bond donors (Lipinski definition) is 1. The lowest BCUT2D eigenvalue weighted by atomic mass is 10.1. The van der Waals surface area contributed by atoms with Gasteiger partial charge < -0.3 is 10.0 Å². The van der Waals surface area contributed by atoms with E-state index in [0.29, 0.717) is 12.2 Å². The lowest BCUT2D eigenvalue weighted by Crippen LogP contribution is -2.42. The van der Waals surface area contributed by atoms with Gasteiger partial charge in [-0.1, -0.05) is 18.2 Å². The molecule has 0 atom stereocenters. The van der Waals surface area contributed by atoms with E-state index < -0.39 is 0 Å². The third-order valence-electron chi connectivity index (χ3n) is 3.96. The number of aliphatic hydroxyl groups is 1. The van der Waals surface area contributed by atoms with E-state index in [-0.39, 0.29) is 0 Å². The molecule has 108 valence electrons. The summed E-state index contributed by atoms with van der Waals surface area (Å²) in [5, 5.41) is 10.8. The quantitative estimate of drug-likeness (QED) is 0.925. The summed E-state index contributed by atoms with van der Waals surface area (Å²) in [6.45, 7) is 3.76. The van der Waals surface area contributed by atoms with Crippen molar-refractivity contribution in [2.24, 2.45) is 0 Å². The number of hydrogen-bond acceptors (Lipinski definition) is 5. The smallest absolute Gasteiger partial charge is 0.112 e. The van der Waals surface area contributed by atoms with Crippen LogP contribution in [0.4, 0.5) is 0 Å². The van der Waals surface area contributed by atoms with Gasteiger partial charge in [0.05, 0.1) is 16.8 Å². The Bertz CT molecular complexity index is 701. The molecule has 0 unspecified atom stereocenters. The minimum atomic E-state index is 0.457. The third-order valence-corrected chi connectivity index (χ3v) is 4.98. The first kappa shape index (κ1) is 12.9. The van der Waals surface area contributed by atoms with Gasteiger partial charge in [0.1, 0.15) is 10.8 Å². The van der Waals surface area contributed by atoms with Gasteiger partial charge >= 0.3 is 0 Å². The molecule has 0 saturated carbocycles. The summed E-state index contributed by atoms with van der Waals surface area (Å²) < 4.78 is 1.26. The first-order valence-corrected chi connectivity index (χ1v) is 8.02. The molecule has 4 nitrogen and oxygen atoms in total. The summed E-state index contributed by atoms with van der Waals surface area (Å²) in [5.74, 6) is 0.457. The number of aromatic nitrogens is 1. The van der Waals surface area contributed by atoms with Crippen LogP contribution in [0.5, 0.6) is 0 Å². The molecular weight excluding hydrogens is 282 g/mol. The van der Waals surface area contributed by atoms with Crippen LogP contribution in [0.3, 0.4) is 0 Å². The Morgan fingerprint density at radius 1 is 1.24 bits per heavy atom. The number of benzene rings is 1. The van der Waals surface area contributed by atoms with E-state index in [0.717, 1.165) is 31.7 Å². The molecule has 1 aromatic carbocycles. The van der Waals surface area contributed by atoms with E-state index in [4.69, 9.17) is 4.98 Å². The van der Waals surface area contributed by atoms with Crippen LogP contribution in [0.2, 0.25) is 0 Å². The minimum absolute atomic E-state index is 0.457. The zero-order valence-corrected chi connectivity index (χ0v) is 12.5. The molecule has 0 radical (unpaired) electrons. The fourth-order valence-corrected chi connectivity index (χ4v) is 3.90. The van der Waals surface area contributed by atoms with E-state index in [1.807, 2.05) is 12.3 Å². The van der Waals surface area contributed by atoms with Crippen LogP contribution in [0.15, 0.2) is 48.0 Å². The molecule has 0 spiro atoms. The summed E-state index contributed by atoms with van der Waals surface area (Å²) in [5.41, 5.74) is 2.39. The Hall–Kier alpha value is -1.85. The maximum Gasteiger partial charge on any atom is 0.112 e. The van der Waals surface area contributed by atoms with E-state index in [9.17, 15) is 5.11 Å². The molecular formula is C16H17N3OS. The number of aliphatic hydroxyl groups excluding tert-OH is 1. The Labute approximate surface area is 127 Å². The normalized spacial score (nSPS) is 19.3. The van der Waals surface area contributed by atoms with Crippen LogP contribution in [-0.4, -0.2) is 39.5 Å². The molecule has 2 aliphatic rings. The first-order chi connectivity index (χ1) is 10.3. The maximum atomic E-state index is 9.58. The predicted molar refractivity (Wildman–Crippen MR) is 85.0 cm³/mol. The van der Waals surface area contributed by atoms with Crippen molar-refractivity contribution in [2.75, 3.05) is 19.6 Å². The molecule has 2 aliphatic heterocycles. The van der Waals surface area contributed by atoms with Crippen LogP contribution in [0, 0.1) is 0 Å². The van der Waals surface area contributed by atoms with Crippen LogP contribution in [0.25, 0.3) is 10.2 Å². The highest BCUT2D eigenvalue weighted by molar-refractivity contribution is 7.18. The highest BCUT2D eigenvalue weighted by Gasteiger charge is 2.23. The number of fused-ring (bicyclic) bond motifs is 2. The summed E-state index contributed by atoms with van der Waals surface area (Å²) in [6.07, 6.45) is 4.64. The number of allylic oxidation sites excluding steroid dienone is 1. The summed E-state index contributed by atoms with van der Waals surface area (Å²) in [7, 11) is 0. The molecule has 4 rings (SSSR count). The van der Waals surface area contributed by atoms with Gasteiger partial charge in [-0.2, -0.15) is 0 Å². The summed E-state index contributed by atoms with van der Waals surface area (Å²) in [6, 6.07) is 8.31. The molecule has 1 N–H and O–H groups in total. The molecule has 1 fully saturated rings. The highest BCUT2D eigenvalue weighted by atomic mass is 32.1. The predicted octanol–water partition coefficient (Wildman–Crippen LogP) is 3.10. The third kappa shape index (κ3) is 2.54. The Morgan fingerprint density at radius 2 is 2.14 bits per heavy atom. The summed E-state index contributed by atoms with van der Waals surface area (Å²) >= 11 is 1.78. The second kappa shape index (κ2) is 5.16. The maximum absolute atomic E-state index is 9.58. The Morgan fingerprint density at radius 3 is 3.05 bits per heavy atom. The molecule has 1 aromatic heterocycles. The first-order valence-electron chi connectivity index (χ1n) is 7.20. The number of piperazine rings is 1. The van der Waals surface area contributed by atoms with Crippen molar-refractivity contribution in [1.82, 2.24) is 14.8 Å². The average molecular weight is 299 g/mol. The fourth-order valence-electron chi connectivity index (χ4n) is 2.89. The average Bonchev–Trinajstić information content (AvgIpc) is 2.89. The van der Waals surface area contributed by atoms with Gasteiger partial charge in [-0.25, -0.2) is 4.98 Å². The van der Waals surface area contributed by atoms with Crippen molar-refractivity contribution in [3.05, 3.63) is 53.0 Å². The number of nitrogens with zero attached hydrogens (tertiary/aromatic N) is 3. The van der Waals surface area contributed by atoms with Gasteiger partial charge in [-0.3, -0.25) is 4.90 Å². The van der Waals surface area contributed by atoms with Crippen molar-refractivity contribution in [3.8, 4) is 0 Å². The second-order valence-corrected chi connectivity index (χ2v) is 6.61. The second-order valence-electron chi connectivity index (χ2n) is 5.50. The van der Waals surface area contributed by atoms with E-state index in [1.165, 1.54) is 15.4 Å². The van der Waals surface area contributed by atoms with Crippen LogP contribution >= 0.6 is 11.3 Å². The van der Waals surface area contributed by atoms with Crippen LogP contribution in [0.1, 0.15) is 11.4 Å². The molecule has 1 saturated heterocycles. The van der Waals surface area contributed by atoms with Gasteiger partial charge in [0.25, 0.3) is 0 Å². The number of para-hydroxylation sites is 1. The monoisotopic (exact) mass is 299 g/mol. The summed E-state index contributed by atoms with van der Waals surface area (Å²) in [4.78, 5) is 9.30. The zero-order chi connectivity index (χ0) is 14.2. The lowest BCUT2D eigenvalue weighted by Gasteiger charge is -2.37. The van der Waals surface area contributed by atoms with Crippen molar-refractivity contribution < 1.29 is 5.11 Å². The fraction of sp³-hybridized carbons (Fsp3) is 0.312. The van der Waals surface area contributed by atoms with Crippen molar-refractivity contribution in [2.45, 2.75) is 13.0 Å². The van der Waals surface area contributed by atoms with Crippen LogP contribution in [-0.2, 0) is 6.54 Å². The van der Waals surface area contributed by atoms with E-state index in [2.05, 4.69) is 34.1 Å². The van der Waals surface area contributed by atoms with Crippen molar-refractivity contribution in [3.63, 3.8) is 0 Å². The van der Waals surface area contributed by atoms with Gasteiger partial charge in [0, 0.05) is 38.0 Å². The van der Waals surface area contributed by atoms with Gasteiger partial charge in [-0.05, 0) is 12.1 Å². The van der Waals surface area contributed by atoms with E-state index in [1.54, 1.807) is 11.3 Å². The van der Waals surface area contributed by atoms with Gasteiger partial charge in [0.2, 0.25) is 0 Å². The molecule has 5 heteroatoms. The van der Waals surface area contributed by atoms with Crippen molar-refractivity contribution >= 4 is 21.6 Å². The molecule has 0 aliphatic carbocycles. The highest BCUT2D eigenvalue weighted by Crippen LogP contribution is 2.25. The topological polar surface area (TPSA) is 39.6 Å². The minimum Gasteiger partial charge on any atom is -0.510 e.